The molecule has 0 radical (unpaired) electrons. The number of aromatic nitrogens is 1. The maximum Gasteiger partial charge on any atom is 0.416 e. The molecule has 44 heavy (non-hydrogen) atoms. The number of alkyl halides is 3. The van der Waals surface area contributed by atoms with Crippen molar-refractivity contribution in [2.75, 3.05) is 58.4 Å². The van der Waals surface area contributed by atoms with Crippen LogP contribution in [0, 0.1) is 0 Å². The highest BCUT2D eigenvalue weighted by atomic mass is 19.4. The van der Waals surface area contributed by atoms with Crippen LogP contribution in [0.15, 0.2) is 72.0 Å². The van der Waals surface area contributed by atoms with Crippen LogP contribution in [-0.4, -0.2) is 90.1 Å². The monoisotopic (exact) mass is 612 g/mol. The summed E-state index contributed by atoms with van der Waals surface area (Å²) in [5.74, 6) is 0.206. The molecule has 0 aliphatic carbocycles. The third kappa shape index (κ3) is 7.22. The Hall–Kier alpha value is -4.36. The molecule has 1 N–H and O–H groups in total. The molecule has 234 valence electrons. The number of urea groups is 1. The number of nitrogens with zero attached hydrogens (tertiary/aromatic N) is 5. The average molecular weight is 613 g/mol. The number of benzene rings is 2. The molecule has 13 heteroatoms. The molecule has 3 heterocycles. The number of para-hydroxylation sites is 1. The minimum atomic E-state index is -4.49. The van der Waals surface area contributed by atoms with Crippen LogP contribution in [-0.2, 0) is 22.8 Å². The van der Waals surface area contributed by atoms with E-state index in [1.165, 1.54) is 22.0 Å². The van der Waals surface area contributed by atoms with E-state index in [9.17, 15) is 22.8 Å². The van der Waals surface area contributed by atoms with E-state index in [1.54, 1.807) is 7.11 Å². The fraction of sp³-hybridized carbons (Fsp3) is 0.387. The van der Waals surface area contributed by atoms with Gasteiger partial charge in [0.25, 0.3) is 5.91 Å². The van der Waals surface area contributed by atoms with Gasteiger partial charge in [-0.1, -0.05) is 18.2 Å². The number of amides is 3. The molecule has 2 aliphatic rings. The summed E-state index contributed by atoms with van der Waals surface area (Å²) in [6, 6.07) is 14.4. The van der Waals surface area contributed by atoms with Crippen LogP contribution in [0.1, 0.15) is 29.3 Å². The number of rotatable bonds is 9. The summed E-state index contributed by atoms with van der Waals surface area (Å²) in [5.41, 5.74) is 1.73. The topological polar surface area (TPSA) is 91.6 Å². The second-order valence-corrected chi connectivity index (χ2v) is 10.6. The average Bonchev–Trinajstić information content (AvgIpc) is 3.65. The van der Waals surface area contributed by atoms with E-state index in [2.05, 4.69) is 10.2 Å². The van der Waals surface area contributed by atoms with E-state index in [0.717, 1.165) is 29.1 Å². The number of anilines is 1. The number of methoxy groups -OCH3 is 1. The number of morpholine rings is 1. The van der Waals surface area contributed by atoms with E-state index in [-0.39, 0.29) is 18.8 Å². The summed E-state index contributed by atoms with van der Waals surface area (Å²) in [4.78, 5) is 31.0. The number of carbonyl (C=O) groups is 2. The normalized spacial score (nSPS) is 17.3. The summed E-state index contributed by atoms with van der Waals surface area (Å²) in [5, 5.41) is 8.80. The molecule has 1 atom stereocenters. The highest BCUT2D eigenvalue weighted by Crippen LogP contribution is 2.37. The lowest BCUT2D eigenvalue weighted by atomic mass is 9.99. The second kappa shape index (κ2) is 13.5. The fourth-order valence-corrected chi connectivity index (χ4v) is 5.36. The zero-order valence-corrected chi connectivity index (χ0v) is 24.6. The Balaban J connectivity index is 1.39. The quantitative estimate of drug-likeness (QED) is 0.382. The Bertz CT molecular complexity index is 1480. The zero-order valence-electron chi connectivity index (χ0n) is 24.6. The summed E-state index contributed by atoms with van der Waals surface area (Å²) >= 11 is 0. The number of hydrazone groups is 1. The van der Waals surface area contributed by atoms with Crippen molar-refractivity contribution in [1.29, 1.82) is 0 Å². The molecular formula is C31H35F3N6O4. The first-order chi connectivity index (χ1) is 21.1. The molecule has 0 spiro atoms. The van der Waals surface area contributed by atoms with Gasteiger partial charge >= 0.3 is 12.2 Å². The van der Waals surface area contributed by atoms with E-state index >= 15 is 0 Å². The van der Waals surface area contributed by atoms with E-state index in [4.69, 9.17) is 14.6 Å². The van der Waals surface area contributed by atoms with Gasteiger partial charge in [0.1, 0.15) is 12.3 Å². The lowest BCUT2D eigenvalue weighted by Crippen LogP contribution is -2.47. The van der Waals surface area contributed by atoms with Gasteiger partial charge < -0.3 is 24.3 Å². The fourth-order valence-electron chi connectivity index (χ4n) is 5.36. The minimum absolute atomic E-state index is 0.184. The molecule has 1 fully saturated rings. The summed E-state index contributed by atoms with van der Waals surface area (Å²) in [6.45, 7) is 2.92. The van der Waals surface area contributed by atoms with Crippen molar-refractivity contribution in [2.45, 2.75) is 18.6 Å². The molecule has 10 nitrogen and oxygen atoms in total. The van der Waals surface area contributed by atoms with Gasteiger partial charge in [-0.3, -0.25) is 9.69 Å². The first-order valence-electron chi connectivity index (χ1n) is 14.3. The van der Waals surface area contributed by atoms with Crippen molar-refractivity contribution >= 4 is 23.3 Å². The van der Waals surface area contributed by atoms with Gasteiger partial charge in [-0.05, 0) is 42.5 Å². The molecule has 1 saturated heterocycles. The molecule has 3 amide bonds. The molecule has 2 aromatic carbocycles. The third-order valence-electron chi connectivity index (χ3n) is 7.77. The second-order valence-electron chi connectivity index (χ2n) is 10.6. The van der Waals surface area contributed by atoms with Crippen molar-refractivity contribution < 1.29 is 32.2 Å². The smallest absolute Gasteiger partial charge is 0.416 e. The van der Waals surface area contributed by atoms with Gasteiger partial charge in [-0.2, -0.15) is 18.3 Å². The lowest BCUT2D eigenvalue weighted by Gasteiger charge is -2.31. The van der Waals surface area contributed by atoms with Crippen molar-refractivity contribution in [3.63, 3.8) is 0 Å². The first kappa shape index (κ1) is 31.1. The van der Waals surface area contributed by atoms with Crippen LogP contribution < -0.4 is 10.1 Å². The van der Waals surface area contributed by atoms with Crippen LogP contribution in [0.2, 0.25) is 0 Å². The predicted molar refractivity (Wildman–Crippen MR) is 158 cm³/mol. The Labute approximate surface area is 253 Å². The lowest BCUT2D eigenvalue weighted by molar-refractivity contribution is -0.137. The van der Waals surface area contributed by atoms with Crippen LogP contribution >= 0.6 is 0 Å². The van der Waals surface area contributed by atoms with Gasteiger partial charge in [-0.15, -0.1) is 0 Å². The third-order valence-corrected chi connectivity index (χ3v) is 7.77. The molecule has 0 unspecified atom stereocenters. The number of hydrogen-bond donors (Lipinski definition) is 1. The maximum atomic E-state index is 14.0. The summed E-state index contributed by atoms with van der Waals surface area (Å²) in [7, 11) is 3.47. The molecule has 1 aromatic heterocycles. The largest absolute Gasteiger partial charge is 0.496 e. The van der Waals surface area contributed by atoms with Gasteiger partial charge in [0, 0.05) is 57.1 Å². The van der Waals surface area contributed by atoms with Crippen molar-refractivity contribution in [3.05, 3.63) is 83.7 Å². The van der Waals surface area contributed by atoms with Crippen molar-refractivity contribution in [2.24, 2.45) is 12.1 Å². The maximum absolute atomic E-state index is 14.0. The number of hydrogen-bond acceptors (Lipinski definition) is 6. The van der Waals surface area contributed by atoms with Gasteiger partial charge in [0.05, 0.1) is 43.3 Å². The standard InChI is InChI=1S/C31H35F3N6O4/c1-37-13-5-7-26(37)25-20-27(24-6-3-4-8-28(24)43-2)40(36-25)29(41)21-39(15-14-38-16-18-44-19-17-38)30(42)35-23-11-9-22(10-12-23)31(32,33)34/h3-13,27H,14-21H2,1-2H3,(H,35,42)/t27-/m1/s1. The number of aryl methyl sites for hydroxylation is 1. The molecular weight excluding hydrogens is 577 g/mol. The Kier molecular flexibility index (Phi) is 9.55. The zero-order chi connectivity index (χ0) is 31.3. The summed E-state index contributed by atoms with van der Waals surface area (Å²) in [6.07, 6.45) is -2.15. The summed E-state index contributed by atoms with van der Waals surface area (Å²) < 4.78 is 52.1. The number of halogens is 3. The van der Waals surface area contributed by atoms with Crippen LogP contribution in [0.5, 0.6) is 5.75 Å². The van der Waals surface area contributed by atoms with Gasteiger partial charge in [0.2, 0.25) is 0 Å². The number of nitrogens with one attached hydrogen (secondary N) is 1. The minimum Gasteiger partial charge on any atom is -0.496 e. The Morgan fingerprint density at radius 3 is 2.45 bits per heavy atom. The Morgan fingerprint density at radius 1 is 1.07 bits per heavy atom. The van der Waals surface area contributed by atoms with Crippen LogP contribution in [0.3, 0.4) is 0 Å². The van der Waals surface area contributed by atoms with E-state index in [1.807, 2.05) is 54.2 Å². The molecule has 0 saturated carbocycles. The molecule has 0 bridgehead atoms. The number of ether oxygens (including phenoxy) is 2. The molecule has 3 aromatic rings. The van der Waals surface area contributed by atoms with Crippen LogP contribution in [0.25, 0.3) is 0 Å². The highest BCUT2D eigenvalue weighted by Gasteiger charge is 2.36. The highest BCUT2D eigenvalue weighted by molar-refractivity contribution is 6.02. The van der Waals surface area contributed by atoms with Gasteiger partial charge in [0.15, 0.2) is 0 Å². The van der Waals surface area contributed by atoms with Crippen molar-refractivity contribution in [3.8, 4) is 5.75 Å². The van der Waals surface area contributed by atoms with Gasteiger partial charge in [-0.25, -0.2) is 9.80 Å². The SMILES string of the molecule is COc1ccccc1[C@H]1CC(c2cccn2C)=NN1C(=O)CN(CCN1CCOCC1)C(=O)Nc1ccc(C(F)(F)F)cc1. The van der Waals surface area contributed by atoms with E-state index < -0.39 is 29.7 Å². The van der Waals surface area contributed by atoms with Crippen LogP contribution in [0.4, 0.5) is 23.7 Å². The molecule has 2 aliphatic heterocycles. The van der Waals surface area contributed by atoms with Crippen molar-refractivity contribution in [1.82, 2.24) is 19.4 Å². The predicted octanol–water partition coefficient (Wildman–Crippen LogP) is 4.60. The molecule has 5 rings (SSSR count). The van der Waals surface area contributed by atoms with E-state index in [0.29, 0.717) is 45.0 Å². The Morgan fingerprint density at radius 2 is 1.80 bits per heavy atom. The number of carbonyl (C=O) groups excluding carboxylic acids is 2. The first-order valence-corrected chi connectivity index (χ1v) is 14.3.